The van der Waals surface area contributed by atoms with Crippen molar-refractivity contribution in [3.8, 4) is 0 Å². The number of fused-ring (bicyclic) bond motifs is 1. The molecule has 0 fully saturated rings. The largest absolute Gasteiger partial charge is 0.377 e. The average Bonchev–Trinajstić information content (AvgIpc) is 2.49. The lowest BCUT2D eigenvalue weighted by Crippen LogP contribution is -2.26. The molecule has 0 radical (unpaired) electrons. The molecule has 0 unspecified atom stereocenters. The van der Waals surface area contributed by atoms with Crippen LogP contribution in [-0.2, 0) is 10.0 Å². The van der Waals surface area contributed by atoms with E-state index in [1.807, 2.05) is 57.1 Å². The minimum atomic E-state index is -3.54. The highest BCUT2D eigenvalue weighted by atomic mass is 32.2. The first-order valence-corrected chi connectivity index (χ1v) is 9.96. The lowest BCUT2D eigenvalue weighted by molar-refractivity contribution is 0.564. The minimum Gasteiger partial charge on any atom is -0.377 e. The Kier molecular flexibility index (Phi) is 5.83. The van der Waals surface area contributed by atoms with Gasteiger partial charge < -0.3 is 4.90 Å². The van der Waals surface area contributed by atoms with Crippen LogP contribution in [0.1, 0.15) is 26.7 Å². The average molecular weight is 367 g/mol. The maximum Gasteiger partial charge on any atom is 0.241 e. The molecule has 0 bridgehead atoms. The van der Waals surface area contributed by atoms with Gasteiger partial charge in [0.05, 0.1) is 4.90 Å². The lowest BCUT2D eigenvalue weighted by Gasteiger charge is -2.18. The van der Waals surface area contributed by atoms with Crippen LogP contribution in [0.4, 0.5) is 5.69 Å². The summed E-state index contributed by atoms with van der Waals surface area (Å²) in [4.78, 5) is 2.31. The molecule has 2 aromatic rings. The second kappa shape index (κ2) is 7.33. The third-order valence-corrected chi connectivity index (χ3v) is 5.63. The van der Waals surface area contributed by atoms with E-state index in [4.69, 9.17) is 0 Å². The summed E-state index contributed by atoms with van der Waals surface area (Å²) in [6, 6.07) is 11.1. The molecule has 24 heavy (non-hydrogen) atoms. The fourth-order valence-corrected chi connectivity index (χ4v) is 4.15. The first-order chi connectivity index (χ1) is 11.1. The van der Waals surface area contributed by atoms with Gasteiger partial charge in [-0.1, -0.05) is 38.1 Å². The van der Waals surface area contributed by atoms with Crippen molar-refractivity contribution in [1.29, 1.82) is 0 Å². The van der Waals surface area contributed by atoms with Gasteiger partial charge >= 0.3 is 0 Å². The van der Waals surface area contributed by atoms with Crippen LogP contribution in [-0.4, -0.2) is 33.8 Å². The fraction of sp³-hybridized carbons (Fsp3) is 0.444. The first-order valence-electron chi connectivity index (χ1n) is 8.03. The molecule has 2 aromatic carbocycles. The molecule has 2 rings (SSSR count). The van der Waals surface area contributed by atoms with Crippen molar-refractivity contribution in [2.75, 3.05) is 25.5 Å². The molecule has 1 N–H and O–H groups in total. The summed E-state index contributed by atoms with van der Waals surface area (Å²) in [6.07, 6.45) is 1.60. The number of rotatable bonds is 7. The van der Waals surface area contributed by atoms with Gasteiger partial charge in [-0.2, -0.15) is 12.6 Å². The van der Waals surface area contributed by atoms with Gasteiger partial charge in [-0.15, -0.1) is 0 Å². The normalized spacial score (nSPS) is 12.5. The monoisotopic (exact) mass is 366 g/mol. The van der Waals surface area contributed by atoms with Crippen LogP contribution >= 0.6 is 12.6 Å². The van der Waals surface area contributed by atoms with Gasteiger partial charge in [0.25, 0.3) is 0 Å². The van der Waals surface area contributed by atoms with Crippen LogP contribution in [0, 0.1) is 0 Å². The Morgan fingerprint density at radius 2 is 1.71 bits per heavy atom. The molecule has 0 aliphatic rings. The third-order valence-electron chi connectivity index (χ3n) is 3.89. The summed E-state index contributed by atoms with van der Waals surface area (Å²) in [5.74, 6) is 0. The Labute approximate surface area is 150 Å². The number of anilines is 1. The SMILES string of the molecule is CN(C)c1cccc2c(S(=O)(=O)NCCCC(C)(C)S)cccc12. The molecule has 132 valence electrons. The standard InChI is InChI=1S/C18H26N2O2S2/c1-18(2,23)12-7-13-19-24(21,22)17-11-6-8-14-15(17)9-5-10-16(14)20(3)4/h5-6,8-11,19,23H,7,12-13H2,1-4H3. The fourth-order valence-electron chi connectivity index (χ4n) is 2.69. The minimum absolute atomic E-state index is 0.0918. The Morgan fingerprint density at radius 1 is 1.08 bits per heavy atom. The summed E-state index contributed by atoms with van der Waals surface area (Å²) in [5.41, 5.74) is 1.00. The highest BCUT2D eigenvalue weighted by Gasteiger charge is 2.18. The smallest absolute Gasteiger partial charge is 0.241 e. The molecular formula is C18H26N2O2S2. The van der Waals surface area contributed by atoms with E-state index < -0.39 is 10.0 Å². The number of hydrogen-bond acceptors (Lipinski definition) is 4. The Hall–Kier alpha value is -1.24. The van der Waals surface area contributed by atoms with Crippen molar-refractivity contribution in [3.05, 3.63) is 36.4 Å². The van der Waals surface area contributed by atoms with E-state index in [0.29, 0.717) is 11.4 Å². The molecule has 0 spiro atoms. The van der Waals surface area contributed by atoms with Crippen LogP contribution in [0.25, 0.3) is 10.8 Å². The Balaban J connectivity index is 2.29. The number of nitrogens with one attached hydrogen (secondary N) is 1. The van der Waals surface area contributed by atoms with Crippen molar-refractivity contribution in [1.82, 2.24) is 4.72 Å². The molecule has 0 amide bonds. The third kappa shape index (κ3) is 4.65. The van der Waals surface area contributed by atoms with Gasteiger partial charge in [0, 0.05) is 41.8 Å². The van der Waals surface area contributed by atoms with Crippen LogP contribution in [0.15, 0.2) is 41.3 Å². The Morgan fingerprint density at radius 3 is 2.33 bits per heavy atom. The highest BCUT2D eigenvalue weighted by Crippen LogP contribution is 2.30. The maximum atomic E-state index is 12.7. The van der Waals surface area contributed by atoms with Crippen molar-refractivity contribution in [3.63, 3.8) is 0 Å². The second-order valence-corrected chi connectivity index (χ2v) is 9.78. The van der Waals surface area contributed by atoms with Crippen molar-refractivity contribution < 1.29 is 8.42 Å². The van der Waals surface area contributed by atoms with Crippen molar-refractivity contribution in [2.45, 2.75) is 36.3 Å². The van der Waals surface area contributed by atoms with Gasteiger partial charge in [0.2, 0.25) is 10.0 Å². The summed E-state index contributed by atoms with van der Waals surface area (Å²) in [6.45, 7) is 4.46. The lowest BCUT2D eigenvalue weighted by atomic mass is 10.1. The molecule has 0 aliphatic carbocycles. The van der Waals surface area contributed by atoms with E-state index >= 15 is 0 Å². The van der Waals surface area contributed by atoms with E-state index in [0.717, 1.165) is 29.3 Å². The molecule has 4 nitrogen and oxygen atoms in total. The molecule has 0 heterocycles. The molecular weight excluding hydrogens is 340 g/mol. The molecule has 6 heteroatoms. The number of nitrogens with zero attached hydrogens (tertiary/aromatic N) is 1. The molecule has 0 aromatic heterocycles. The second-order valence-electron chi connectivity index (χ2n) is 6.84. The maximum absolute atomic E-state index is 12.7. The van der Waals surface area contributed by atoms with E-state index in [2.05, 4.69) is 17.4 Å². The molecule has 0 saturated heterocycles. The number of thiol groups is 1. The molecule has 0 atom stereocenters. The van der Waals surface area contributed by atoms with Crippen LogP contribution in [0.3, 0.4) is 0 Å². The molecule has 0 aliphatic heterocycles. The van der Waals surface area contributed by atoms with Crippen molar-refractivity contribution >= 4 is 39.1 Å². The topological polar surface area (TPSA) is 49.4 Å². The van der Waals surface area contributed by atoms with Crippen LogP contribution < -0.4 is 9.62 Å². The quantitative estimate of drug-likeness (QED) is 0.581. The van der Waals surface area contributed by atoms with E-state index in [1.54, 1.807) is 12.1 Å². The number of sulfonamides is 1. The first kappa shape index (κ1) is 19.1. The summed E-state index contributed by atoms with van der Waals surface area (Å²) >= 11 is 4.47. The van der Waals surface area contributed by atoms with E-state index in [-0.39, 0.29) is 4.75 Å². The van der Waals surface area contributed by atoms with Gasteiger partial charge in [0.15, 0.2) is 0 Å². The number of benzene rings is 2. The number of hydrogen-bond donors (Lipinski definition) is 2. The Bertz CT molecular complexity index is 809. The highest BCUT2D eigenvalue weighted by molar-refractivity contribution is 7.89. The predicted molar refractivity (Wildman–Crippen MR) is 106 cm³/mol. The van der Waals surface area contributed by atoms with Crippen LogP contribution in [0.5, 0.6) is 0 Å². The van der Waals surface area contributed by atoms with Crippen molar-refractivity contribution in [2.24, 2.45) is 0 Å². The van der Waals surface area contributed by atoms with E-state index in [1.165, 1.54) is 0 Å². The van der Waals surface area contributed by atoms with Gasteiger partial charge in [0.1, 0.15) is 0 Å². The summed E-state index contributed by atoms with van der Waals surface area (Å²) in [5, 5.41) is 1.67. The predicted octanol–water partition coefficient (Wildman–Crippen LogP) is 3.67. The zero-order chi connectivity index (χ0) is 18.0. The summed E-state index contributed by atoms with van der Waals surface area (Å²) < 4.78 is 28.0. The van der Waals surface area contributed by atoms with Gasteiger partial charge in [-0.25, -0.2) is 13.1 Å². The summed E-state index contributed by atoms with van der Waals surface area (Å²) in [7, 11) is 0.363. The van der Waals surface area contributed by atoms with Gasteiger partial charge in [-0.05, 0) is 25.0 Å². The van der Waals surface area contributed by atoms with E-state index in [9.17, 15) is 8.42 Å². The zero-order valence-corrected chi connectivity index (χ0v) is 16.4. The zero-order valence-electron chi connectivity index (χ0n) is 14.7. The molecule has 0 saturated carbocycles. The van der Waals surface area contributed by atoms with Gasteiger partial charge in [-0.3, -0.25) is 0 Å². The van der Waals surface area contributed by atoms with Crippen LogP contribution in [0.2, 0.25) is 0 Å².